The predicted molar refractivity (Wildman–Crippen MR) is 114 cm³/mol. The number of nitrogens with zero attached hydrogens (tertiary/aromatic N) is 3. The summed E-state index contributed by atoms with van der Waals surface area (Å²) in [5.41, 5.74) is 2.71. The van der Waals surface area contributed by atoms with Gasteiger partial charge in [0.05, 0.1) is 5.38 Å². The Hall–Kier alpha value is -2.91. The van der Waals surface area contributed by atoms with Crippen LogP contribution in [-0.4, -0.2) is 14.8 Å². The maximum atomic E-state index is 6.45. The van der Waals surface area contributed by atoms with Crippen LogP contribution >= 0.6 is 11.6 Å². The number of aromatic nitrogens is 3. The first-order valence-corrected chi connectivity index (χ1v) is 9.93. The summed E-state index contributed by atoms with van der Waals surface area (Å²) in [6.45, 7) is 2.04. The molecule has 0 aliphatic carbocycles. The fraction of sp³-hybridized carbons (Fsp3) is 0.167. The molecule has 0 N–H and O–H groups in total. The highest BCUT2D eigenvalue weighted by Gasteiger charge is 2.39. The molecule has 0 amide bonds. The predicted octanol–water partition coefficient (Wildman–Crippen LogP) is 5.81. The van der Waals surface area contributed by atoms with E-state index >= 15 is 0 Å². The lowest BCUT2D eigenvalue weighted by Crippen LogP contribution is -2.38. The van der Waals surface area contributed by atoms with Crippen LogP contribution in [0, 0.1) is 0 Å². The Morgan fingerprint density at radius 2 is 1.21 bits per heavy atom. The molecule has 0 saturated carbocycles. The van der Waals surface area contributed by atoms with Gasteiger partial charge in [-0.1, -0.05) is 97.9 Å². The molecular formula is C24H22ClN3. The first kappa shape index (κ1) is 18.5. The maximum Gasteiger partial charge on any atom is 0.168 e. The lowest BCUT2D eigenvalue weighted by Gasteiger charge is -2.35. The van der Waals surface area contributed by atoms with Gasteiger partial charge in [0.25, 0.3) is 0 Å². The number of rotatable bonds is 6. The number of alkyl halides is 1. The highest BCUT2D eigenvalue weighted by Crippen LogP contribution is 2.40. The Balaban J connectivity index is 2.06. The Morgan fingerprint density at radius 1 is 0.786 bits per heavy atom. The highest BCUT2D eigenvalue weighted by molar-refractivity contribution is 6.20. The molecule has 1 unspecified atom stereocenters. The molecule has 1 aromatic heterocycles. The lowest BCUT2D eigenvalue weighted by atomic mass is 9.77. The van der Waals surface area contributed by atoms with Crippen molar-refractivity contribution < 1.29 is 0 Å². The Kier molecular flexibility index (Phi) is 5.27. The molecule has 4 rings (SSSR count). The van der Waals surface area contributed by atoms with Gasteiger partial charge in [-0.3, -0.25) is 0 Å². The zero-order chi connectivity index (χ0) is 19.4. The average molecular weight is 388 g/mol. The topological polar surface area (TPSA) is 30.7 Å². The van der Waals surface area contributed by atoms with Gasteiger partial charge in [0.1, 0.15) is 11.9 Å². The average Bonchev–Trinajstić information content (AvgIpc) is 3.26. The first-order chi connectivity index (χ1) is 13.8. The van der Waals surface area contributed by atoms with Crippen LogP contribution in [-0.2, 0) is 5.54 Å². The molecule has 0 fully saturated rings. The molecule has 0 saturated heterocycles. The third kappa shape index (κ3) is 3.12. The molecule has 3 nitrogen and oxygen atoms in total. The van der Waals surface area contributed by atoms with Crippen molar-refractivity contribution in [3.05, 3.63) is 120 Å². The zero-order valence-corrected chi connectivity index (χ0v) is 16.5. The summed E-state index contributed by atoms with van der Waals surface area (Å²) in [7, 11) is 0. The molecule has 140 valence electrons. The quantitative estimate of drug-likeness (QED) is 0.309. The summed E-state index contributed by atoms with van der Waals surface area (Å²) in [5, 5.41) is 4.65. The molecule has 4 aromatic rings. The third-order valence-electron chi connectivity index (χ3n) is 5.07. The first-order valence-electron chi connectivity index (χ1n) is 9.49. The molecule has 0 bridgehead atoms. The summed E-state index contributed by atoms with van der Waals surface area (Å²) in [6, 6.07) is 31.3. The second kappa shape index (κ2) is 7.99. The van der Waals surface area contributed by atoms with E-state index in [2.05, 4.69) is 77.8 Å². The van der Waals surface area contributed by atoms with Crippen molar-refractivity contribution in [2.24, 2.45) is 0 Å². The van der Waals surface area contributed by atoms with Crippen LogP contribution in [0.4, 0.5) is 0 Å². The Labute approximate surface area is 170 Å². The van der Waals surface area contributed by atoms with Gasteiger partial charge in [0.2, 0.25) is 0 Å². The monoisotopic (exact) mass is 387 g/mol. The molecule has 3 aromatic carbocycles. The van der Waals surface area contributed by atoms with Crippen LogP contribution in [0.15, 0.2) is 97.3 Å². The standard InChI is InChI=1S/C24H22ClN3/c1-2-22(25)23-26-18-28(27-23)24(19-12-6-3-7-13-19,20-14-8-4-9-15-20)21-16-10-5-11-17-21/h3-18,22H,2H2,1H3. The smallest absolute Gasteiger partial charge is 0.168 e. The van der Waals surface area contributed by atoms with Crippen molar-refractivity contribution in [3.8, 4) is 0 Å². The van der Waals surface area contributed by atoms with Gasteiger partial charge in [0, 0.05) is 0 Å². The van der Waals surface area contributed by atoms with Gasteiger partial charge >= 0.3 is 0 Å². The van der Waals surface area contributed by atoms with E-state index in [1.807, 2.05) is 29.8 Å². The van der Waals surface area contributed by atoms with Gasteiger partial charge in [-0.15, -0.1) is 11.6 Å². The Morgan fingerprint density at radius 3 is 1.61 bits per heavy atom. The van der Waals surface area contributed by atoms with E-state index in [0.29, 0.717) is 5.82 Å². The minimum absolute atomic E-state index is 0.207. The molecule has 1 atom stereocenters. The van der Waals surface area contributed by atoms with E-state index in [1.165, 1.54) is 0 Å². The minimum Gasteiger partial charge on any atom is -0.233 e. The van der Waals surface area contributed by atoms with Gasteiger partial charge in [-0.25, -0.2) is 9.67 Å². The van der Waals surface area contributed by atoms with Crippen molar-refractivity contribution in [1.29, 1.82) is 0 Å². The highest BCUT2D eigenvalue weighted by atomic mass is 35.5. The van der Waals surface area contributed by atoms with Crippen molar-refractivity contribution in [2.75, 3.05) is 0 Å². The summed E-state index contributed by atoms with van der Waals surface area (Å²) >= 11 is 6.45. The molecular weight excluding hydrogens is 366 g/mol. The van der Waals surface area contributed by atoms with E-state index in [1.54, 1.807) is 6.33 Å². The van der Waals surface area contributed by atoms with Crippen LogP contribution in [0.2, 0.25) is 0 Å². The fourth-order valence-electron chi connectivity index (χ4n) is 3.70. The van der Waals surface area contributed by atoms with Crippen molar-refractivity contribution >= 4 is 11.6 Å². The van der Waals surface area contributed by atoms with E-state index in [9.17, 15) is 0 Å². The second-order valence-electron chi connectivity index (χ2n) is 6.73. The maximum absolute atomic E-state index is 6.45. The van der Waals surface area contributed by atoms with Gasteiger partial charge in [0.15, 0.2) is 5.82 Å². The molecule has 0 aliphatic rings. The van der Waals surface area contributed by atoms with E-state index in [-0.39, 0.29) is 5.38 Å². The molecule has 0 spiro atoms. The number of hydrogen-bond acceptors (Lipinski definition) is 2. The molecule has 1 heterocycles. The zero-order valence-electron chi connectivity index (χ0n) is 15.7. The van der Waals surface area contributed by atoms with Crippen molar-refractivity contribution in [3.63, 3.8) is 0 Å². The number of benzene rings is 3. The van der Waals surface area contributed by atoms with Crippen LogP contribution in [0.1, 0.15) is 41.2 Å². The molecule has 4 heteroatoms. The van der Waals surface area contributed by atoms with E-state index in [4.69, 9.17) is 16.7 Å². The summed E-state index contributed by atoms with van der Waals surface area (Å²) in [4.78, 5) is 4.55. The SMILES string of the molecule is CCC(Cl)c1ncn(C(c2ccccc2)(c2ccccc2)c2ccccc2)n1. The van der Waals surface area contributed by atoms with E-state index in [0.717, 1.165) is 23.1 Å². The van der Waals surface area contributed by atoms with Crippen LogP contribution in [0.25, 0.3) is 0 Å². The van der Waals surface area contributed by atoms with Crippen LogP contribution in [0.5, 0.6) is 0 Å². The largest absolute Gasteiger partial charge is 0.233 e. The van der Waals surface area contributed by atoms with Crippen molar-refractivity contribution in [1.82, 2.24) is 14.8 Å². The minimum atomic E-state index is -0.640. The lowest BCUT2D eigenvalue weighted by molar-refractivity contribution is 0.454. The fourth-order valence-corrected chi connectivity index (χ4v) is 3.80. The number of halogens is 1. The normalized spacial score (nSPS) is 12.6. The summed E-state index contributed by atoms with van der Waals surface area (Å²) in [6.07, 6.45) is 2.58. The Bertz CT molecular complexity index is 917. The van der Waals surface area contributed by atoms with Crippen LogP contribution in [0.3, 0.4) is 0 Å². The summed E-state index contributed by atoms with van der Waals surface area (Å²) < 4.78 is 1.95. The van der Waals surface area contributed by atoms with Crippen LogP contribution < -0.4 is 0 Å². The summed E-state index contributed by atoms with van der Waals surface area (Å²) in [5.74, 6) is 0.649. The number of hydrogen-bond donors (Lipinski definition) is 0. The molecule has 28 heavy (non-hydrogen) atoms. The second-order valence-corrected chi connectivity index (χ2v) is 7.26. The van der Waals surface area contributed by atoms with Gasteiger partial charge in [-0.2, -0.15) is 5.10 Å². The molecule has 0 radical (unpaired) electrons. The van der Waals surface area contributed by atoms with Gasteiger partial charge in [-0.05, 0) is 23.1 Å². The van der Waals surface area contributed by atoms with Crippen molar-refractivity contribution in [2.45, 2.75) is 24.3 Å². The van der Waals surface area contributed by atoms with Gasteiger partial charge < -0.3 is 0 Å². The van der Waals surface area contributed by atoms with E-state index < -0.39 is 5.54 Å². The molecule has 0 aliphatic heterocycles. The third-order valence-corrected chi connectivity index (χ3v) is 5.57.